The van der Waals surface area contributed by atoms with Gasteiger partial charge >= 0.3 is 0 Å². The maximum Gasteiger partial charge on any atom is 0.250 e. The van der Waals surface area contributed by atoms with E-state index in [1.807, 2.05) is 0 Å². The van der Waals surface area contributed by atoms with Crippen molar-refractivity contribution in [2.75, 3.05) is 38.0 Å². The largest absolute Gasteiger partial charge is 0.397 e. The third kappa shape index (κ3) is 4.60. The van der Waals surface area contributed by atoms with Crippen LogP contribution in [0.3, 0.4) is 0 Å². The van der Waals surface area contributed by atoms with Gasteiger partial charge in [0.15, 0.2) is 0 Å². The Balaban J connectivity index is 2.45. The second-order valence-electron chi connectivity index (χ2n) is 3.30. The summed E-state index contributed by atoms with van der Waals surface area (Å²) in [5.74, 6) is -0.305. The minimum absolute atomic E-state index is 0.0615. The molecule has 3 N–H and O–H groups in total. The molecule has 0 aliphatic heterocycles. The lowest BCUT2D eigenvalue weighted by Gasteiger charge is -2.10. The Morgan fingerprint density at radius 2 is 2.24 bits per heavy atom. The van der Waals surface area contributed by atoms with E-state index in [2.05, 4.69) is 5.32 Å². The molecule has 0 radical (unpaired) electrons. The number of ether oxygens (including phenoxy) is 2. The maximum absolute atomic E-state index is 11.5. The molecule has 1 rings (SSSR count). The van der Waals surface area contributed by atoms with Crippen molar-refractivity contribution in [3.63, 3.8) is 0 Å². The summed E-state index contributed by atoms with van der Waals surface area (Å²) in [4.78, 5) is 11.5. The van der Waals surface area contributed by atoms with Crippen molar-refractivity contribution in [2.24, 2.45) is 0 Å². The van der Waals surface area contributed by atoms with Crippen molar-refractivity contribution in [3.8, 4) is 0 Å². The molecule has 5 nitrogen and oxygen atoms in total. The third-order valence-electron chi connectivity index (χ3n) is 1.98. The molecule has 0 bridgehead atoms. The van der Waals surface area contributed by atoms with E-state index in [0.717, 1.165) is 0 Å². The lowest BCUT2D eigenvalue weighted by Crippen LogP contribution is -2.20. The molecule has 1 aromatic carbocycles. The molecule has 1 amide bonds. The van der Waals surface area contributed by atoms with Gasteiger partial charge in [0, 0.05) is 7.11 Å². The number of rotatable bonds is 6. The highest BCUT2D eigenvalue weighted by Gasteiger charge is 2.08. The van der Waals surface area contributed by atoms with Crippen LogP contribution in [0, 0.1) is 0 Å². The van der Waals surface area contributed by atoms with Crippen LogP contribution in [0.2, 0.25) is 5.02 Å². The average molecular weight is 259 g/mol. The minimum atomic E-state index is -0.305. The number of nitrogens with two attached hydrogens (primary N) is 1. The van der Waals surface area contributed by atoms with Crippen LogP contribution in [-0.4, -0.2) is 32.8 Å². The fraction of sp³-hybridized carbons (Fsp3) is 0.364. The monoisotopic (exact) mass is 258 g/mol. The number of carbonyl (C=O) groups is 1. The number of hydrogen-bond donors (Lipinski definition) is 2. The van der Waals surface area contributed by atoms with Crippen LogP contribution in [0.15, 0.2) is 18.2 Å². The summed E-state index contributed by atoms with van der Waals surface area (Å²) < 4.78 is 9.85. The number of carbonyl (C=O) groups excluding carboxylic acids is 1. The molecule has 0 fully saturated rings. The molecule has 0 aliphatic carbocycles. The fourth-order valence-electron chi connectivity index (χ4n) is 1.16. The smallest absolute Gasteiger partial charge is 0.250 e. The first-order valence-electron chi connectivity index (χ1n) is 5.05. The second-order valence-corrected chi connectivity index (χ2v) is 3.70. The number of hydrogen-bond acceptors (Lipinski definition) is 4. The van der Waals surface area contributed by atoms with Gasteiger partial charge in [-0.2, -0.15) is 0 Å². The zero-order chi connectivity index (χ0) is 12.7. The van der Waals surface area contributed by atoms with Crippen molar-refractivity contribution in [2.45, 2.75) is 0 Å². The summed E-state index contributed by atoms with van der Waals surface area (Å²) in [6, 6.07) is 5.02. The van der Waals surface area contributed by atoms with Gasteiger partial charge in [-0.15, -0.1) is 0 Å². The van der Waals surface area contributed by atoms with Crippen LogP contribution in [0.4, 0.5) is 11.4 Å². The van der Waals surface area contributed by atoms with Gasteiger partial charge in [0.05, 0.1) is 29.6 Å². The molecule has 0 aliphatic rings. The minimum Gasteiger partial charge on any atom is -0.397 e. The molecular formula is C11H15ClN2O3. The number of methoxy groups -OCH3 is 1. The molecule has 0 saturated heterocycles. The van der Waals surface area contributed by atoms with Crippen LogP contribution in [-0.2, 0) is 14.3 Å². The molecule has 6 heteroatoms. The molecule has 17 heavy (non-hydrogen) atoms. The Kier molecular flexibility index (Phi) is 5.76. The van der Waals surface area contributed by atoms with E-state index >= 15 is 0 Å². The van der Waals surface area contributed by atoms with Crippen LogP contribution in [0.1, 0.15) is 0 Å². The fourth-order valence-corrected chi connectivity index (χ4v) is 1.38. The standard InChI is InChI=1S/C11H15ClN2O3/c1-16-5-6-17-7-10(15)14-11-8(12)3-2-4-9(11)13/h2-4H,5-7,13H2,1H3,(H,14,15). The summed E-state index contributed by atoms with van der Waals surface area (Å²) in [5.41, 5.74) is 6.52. The summed E-state index contributed by atoms with van der Waals surface area (Å²) in [6.45, 7) is 0.747. The molecular weight excluding hydrogens is 244 g/mol. The van der Waals surface area contributed by atoms with Crippen LogP contribution in [0.25, 0.3) is 0 Å². The first-order chi connectivity index (χ1) is 8.15. The van der Waals surface area contributed by atoms with Gasteiger partial charge in [0.1, 0.15) is 6.61 Å². The van der Waals surface area contributed by atoms with E-state index in [1.165, 1.54) is 0 Å². The van der Waals surface area contributed by atoms with Crippen molar-refractivity contribution in [1.29, 1.82) is 0 Å². The number of amides is 1. The highest BCUT2D eigenvalue weighted by atomic mass is 35.5. The number of para-hydroxylation sites is 1. The van der Waals surface area contributed by atoms with Gasteiger partial charge in [0.2, 0.25) is 5.91 Å². The van der Waals surface area contributed by atoms with Gasteiger partial charge in [-0.05, 0) is 12.1 Å². The van der Waals surface area contributed by atoms with E-state index in [1.54, 1.807) is 25.3 Å². The first-order valence-corrected chi connectivity index (χ1v) is 5.43. The van der Waals surface area contributed by atoms with E-state index in [4.69, 9.17) is 26.8 Å². The Morgan fingerprint density at radius 3 is 2.88 bits per heavy atom. The highest BCUT2D eigenvalue weighted by molar-refractivity contribution is 6.34. The molecule has 0 saturated carbocycles. The maximum atomic E-state index is 11.5. The van der Waals surface area contributed by atoms with Gasteiger partial charge in [-0.1, -0.05) is 17.7 Å². The van der Waals surface area contributed by atoms with Crippen molar-refractivity contribution < 1.29 is 14.3 Å². The van der Waals surface area contributed by atoms with Crippen molar-refractivity contribution >= 4 is 28.9 Å². The Bertz CT molecular complexity index is 365. The topological polar surface area (TPSA) is 73.6 Å². The molecule has 94 valence electrons. The molecule has 1 aromatic rings. The summed E-state index contributed by atoms with van der Waals surface area (Å²) >= 11 is 5.90. The summed E-state index contributed by atoms with van der Waals surface area (Å²) in [6.07, 6.45) is 0. The zero-order valence-electron chi connectivity index (χ0n) is 9.53. The Labute approximate surface area is 105 Å². The molecule has 0 heterocycles. The third-order valence-corrected chi connectivity index (χ3v) is 2.29. The number of nitrogens with one attached hydrogen (secondary N) is 1. The number of benzene rings is 1. The van der Waals surface area contributed by atoms with Gasteiger partial charge in [0.25, 0.3) is 0 Å². The van der Waals surface area contributed by atoms with Gasteiger partial charge in [-0.25, -0.2) is 0 Å². The number of nitrogen functional groups attached to an aromatic ring is 1. The predicted octanol–water partition coefficient (Wildman–Crippen LogP) is 1.52. The number of anilines is 2. The Hall–Kier alpha value is -1.30. The van der Waals surface area contributed by atoms with Crippen LogP contribution in [0.5, 0.6) is 0 Å². The van der Waals surface area contributed by atoms with Gasteiger partial charge in [-0.3, -0.25) is 4.79 Å². The highest BCUT2D eigenvalue weighted by Crippen LogP contribution is 2.27. The quantitative estimate of drug-likeness (QED) is 0.599. The molecule has 0 unspecified atom stereocenters. The van der Waals surface area contributed by atoms with Crippen LogP contribution >= 0.6 is 11.6 Å². The van der Waals surface area contributed by atoms with E-state index < -0.39 is 0 Å². The van der Waals surface area contributed by atoms with Crippen molar-refractivity contribution in [3.05, 3.63) is 23.2 Å². The van der Waals surface area contributed by atoms with E-state index in [9.17, 15) is 4.79 Å². The molecule has 0 atom stereocenters. The Morgan fingerprint density at radius 1 is 1.47 bits per heavy atom. The second kappa shape index (κ2) is 7.11. The number of halogens is 1. The van der Waals surface area contributed by atoms with Gasteiger partial charge < -0.3 is 20.5 Å². The molecule has 0 spiro atoms. The van der Waals surface area contributed by atoms with Crippen LogP contribution < -0.4 is 11.1 Å². The normalized spacial score (nSPS) is 10.2. The average Bonchev–Trinajstić information content (AvgIpc) is 2.30. The summed E-state index contributed by atoms with van der Waals surface area (Å²) in [7, 11) is 1.56. The predicted molar refractivity (Wildman–Crippen MR) is 67.2 cm³/mol. The lowest BCUT2D eigenvalue weighted by molar-refractivity contribution is -0.121. The summed E-state index contributed by atoms with van der Waals surface area (Å²) in [5, 5.41) is 2.99. The zero-order valence-corrected chi connectivity index (χ0v) is 10.3. The lowest BCUT2D eigenvalue weighted by atomic mass is 10.2. The SMILES string of the molecule is COCCOCC(=O)Nc1c(N)cccc1Cl. The first kappa shape index (κ1) is 13.8. The van der Waals surface area contributed by atoms with E-state index in [-0.39, 0.29) is 12.5 Å². The molecule has 0 aromatic heterocycles. The van der Waals surface area contributed by atoms with Crippen molar-refractivity contribution in [1.82, 2.24) is 0 Å². The van der Waals surface area contributed by atoms with E-state index in [0.29, 0.717) is 29.6 Å².